The van der Waals surface area contributed by atoms with Gasteiger partial charge in [0.25, 0.3) is 0 Å². The predicted molar refractivity (Wildman–Crippen MR) is 41.6 cm³/mol. The van der Waals surface area contributed by atoms with E-state index in [-0.39, 0.29) is 17.6 Å². The summed E-state index contributed by atoms with van der Waals surface area (Å²) in [6.07, 6.45) is 2.56. The smallest absolute Gasteiger partial charge is 0.0560 e. The Balaban J connectivity index is 2.51. The van der Waals surface area contributed by atoms with Crippen molar-refractivity contribution in [3.63, 3.8) is 0 Å². The lowest BCUT2D eigenvalue weighted by Gasteiger charge is -2.36. The van der Waals surface area contributed by atoms with Crippen molar-refractivity contribution in [2.45, 2.75) is 45.3 Å². The molecule has 1 aliphatic carbocycles. The van der Waals surface area contributed by atoms with E-state index in [1.807, 2.05) is 0 Å². The molecule has 0 aliphatic heterocycles. The number of hydrogen-bond acceptors (Lipinski definition) is 2. The van der Waals surface area contributed by atoms with Crippen LogP contribution in [0.4, 0.5) is 0 Å². The van der Waals surface area contributed by atoms with Crippen molar-refractivity contribution in [3.8, 4) is 0 Å². The molecule has 0 amide bonds. The average Bonchev–Trinajstić information content (AvgIpc) is 1.54. The van der Waals surface area contributed by atoms with E-state index >= 15 is 0 Å². The van der Waals surface area contributed by atoms with Crippen LogP contribution in [0.3, 0.4) is 0 Å². The highest BCUT2D eigenvalue weighted by Gasteiger charge is 2.30. The third-order valence-electron chi connectivity index (χ3n) is 2.18. The Morgan fingerprint density at radius 2 is 2.00 bits per heavy atom. The molecule has 1 aliphatic rings. The summed E-state index contributed by atoms with van der Waals surface area (Å²) in [7, 11) is 0. The van der Waals surface area contributed by atoms with Gasteiger partial charge in [-0.2, -0.15) is 0 Å². The molecule has 0 aromatic rings. The maximum atomic E-state index is 9.34. The van der Waals surface area contributed by atoms with Crippen molar-refractivity contribution in [2.24, 2.45) is 11.1 Å². The first-order valence-corrected chi connectivity index (χ1v) is 3.93. The quantitative estimate of drug-likeness (QED) is 0.529. The standard InChI is InChI=1S/C8H17NO/c1-8(2)4-6(9)3-7(10)5-8/h6-7,10H,3-5,9H2,1-2H3/t6-,7-/m0/s1. The van der Waals surface area contributed by atoms with Crippen molar-refractivity contribution < 1.29 is 5.11 Å². The Hall–Kier alpha value is -0.0800. The van der Waals surface area contributed by atoms with Gasteiger partial charge in [0.1, 0.15) is 0 Å². The van der Waals surface area contributed by atoms with Crippen molar-refractivity contribution in [2.75, 3.05) is 0 Å². The molecular weight excluding hydrogens is 126 g/mol. The predicted octanol–water partition coefficient (Wildman–Crippen LogP) is 0.885. The van der Waals surface area contributed by atoms with E-state index in [4.69, 9.17) is 5.73 Å². The van der Waals surface area contributed by atoms with Gasteiger partial charge in [-0.1, -0.05) is 13.8 Å². The van der Waals surface area contributed by atoms with Crippen LogP contribution >= 0.6 is 0 Å². The fourth-order valence-electron chi connectivity index (χ4n) is 1.95. The monoisotopic (exact) mass is 143 g/mol. The summed E-state index contributed by atoms with van der Waals surface area (Å²) in [6, 6.07) is 0.207. The van der Waals surface area contributed by atoms with Crippen LogP contribution in [0.25, 0.3) is 0 Å². The van der Waals surface area contributed by atoms with Gasteiger partial charge in [-0.15, -0.1) is 0 Å². The molecule has 1 saturated carbocycles. The maximum Gasteiger partial charge on any atom is 0.0560 e. The van der Waals surface area contributed by atoms with Crippen LogP contribution in [-0.2, 0) is 0 Å². The second-order valence-corrected chi connectivity index (χ2v) is 4.22. The van der Waals surface area contributed by atoms with Crippen LogP contribution in [-0.4, -0.2) is 17.3 Å². The highest BCUT2D eigenvalue weighted by Crippen LogP contribution is 2.34. The normalized spacial score (nSPS) is 39.6. The molecule has 3 N–H and O–H groups in total. The minimum atomic E-state index is -0.168. The zero-order valence-corrected chi connectivity index (χ0v) is 6.80. The molecule has 0 bridgehead atoms. The molecule has 0 heterocycles. The third-order valence-corrected chi connectivity index (χ3v) is 2.18. The Labute approximate surface area is 62.4 Å². The largest absolute Gasteiger partial charge is 0.393 e. The van der Waals surface area contributed by atoms with Crippen LogP contribution < -0.4 is 5.73 Å². The summed E-state index contributed by atoms with van der Waals surface area (Å²) in [5.74, 6) is 0. The van der Waals surface area contributed by atoms with E-state index in [1.165, 1.54) is 0 Å². The zero-order chi connectivity index (χ0) is 7.78. The number of hydrogen-bond donors (Lipinski definition) is 2. The van der Waals surface area contributed by atoms with Crippen LogP contribution in [0, 0.1) is 5.41 Å². The van der Waals surface area contributed by atoms with Gasteiger partial charge in [0, 0.05) is 6.04 Å². The summed E-state index contributed by atoms with van der Waals surface area (Å²) in [5.41, 5.74) is 5.99. The first kappa shape index (κ1) is 8.02. The Kier molecular flexibility index (Phi) is 2.02. The van der Waals surface area contributed by atoms with Gasteiger partial charge in [-0.25, -0.2) is 0 Å². The van der Waals surface area contributed by atoms with Crippen molar-refractivity contribution >= 4 is 0 Å². The van der Waals surface area contributed by atoms with Crippen molar-refractivity contribution in [1.29, 1.82) is 0 Å². The minimum Gasteiger partial charge on any atom is -0.393 e. The molecule has 1 rings (SSSR count). The van der Waals surface area contributed by atoms with Gasteiger partial charge in [-0.05, 0) is 24.7 Å². The summed E-state index contributed by atoms with van der Waals surface area (Å²) in [4.78, 5) is 0. The molecule has 0 radical (unpaired) electrons. The van der Waals surface area contributed by atoms with Gasteiger partial charge in [-0.3, -0.25) is 0 Å². The summed E-state index contributed by atoms with van der Waals surface area (Å²) in [6.45, 7) is 4.32. The number of aliphatic hydroxyl groups excluding tert-OH is 1. The molecule has 2 heteroatoms. The fraction of sp³-hybridized carbons (Fsp3) is 1.00. The Morgan fingerprint density at radius 1 is 1.40 bits per heavy atom. The van der Waals surface area contributed by atoms with Gasteiger partial charge >= 0.3 is 0 Å². The van der Waals surface area contributed by atoms with Crippen LogP contribution in [0.1, 0.15) is 33.1 Å². The average molecular weight is 143 g/mol. The number of nitrogens with two attached hydrogens (primary N) is 1. The molecule has 0 saturated heterocycles. The zero-order valence-electron chi connectivity index (χ0n) is 6.80. The van der Waals surface area contributed by atoms with Crippen LogP contribution in [0.5, 0.6) is 0 Å². The van der Waals surface area contributed by atoms with Gasteiger partial charge in [0.15, 0.2) is 0 Å². The molecule has 0 aromatic heterocycles. The first-order chi connectivity index (χ1) is 4.49. The molecular formula is C8H17NO. The van der Waals surface area contributed by atoms with Gasteiger partial charge < -0.3 is 10.8 Å². The van der Waals surface area contributed by atoms with Crippen LogP contribution in [0.2, 0.25) is 0 Å². The lowest BCUT2D eigenvalue weighted by atomic mass is 9.74. The topological polar surface area (TPSA) is 46.2 Å². The van der Waals surface area contributed by atoms with Gasteiger partial charge in [0.2, 0.25) is 0 Å². The summed E-state index contributed by atoms with van der Waals surface area (Å²) < 4.78 is 0. The molecule has 10 heavy (non-hydrogen) atoms. The lowest BCUT2D eigenvalue weighted by molar-refractivity contribution is 0.0556. The molecule has 0 aromatic carbocycles. The van der Waals surface area contributed by atoms with Gasteiger partial charge in [0.05, 0.1) is 6.10 Å². The Bertz CT molecular complexity index is 110. The van der Waals surface area contributed by atoms with Crippen molar-refractivity contribution in [3.05, 3.63) is 0 Å². The molecule has 0 unspecified atom stereocenters. The minimum absolute atomic E-state index is 0.168. The van der Waals surface area contributed by atoms with Crippen LogP contribution in [0.15, 0.2) is 0 Å². The highest BCUT2D eigenvalue weighted by molar-refractivity contribution is 4.85. The molecule has 2 atom stereocenters. The van der Waals surface area contributed by atoms with E-state index < -0.39 is 0 Å². The lowest BCUT2D eigenvalue weighted by Crippen LogP contribution is -2.39. The van der Waals surface area contributed by atoms with E-state index in [1.54, 1.807) is 0 Å². The maximum absolute atomic E-state index is 9.34. The second-order valence-electron chi connectivity index (χ2n) is 4.22. The summed E-state index contributed by atoms with van der Waals surface area (Å²) in [5, 5.41) is 9.34. The molecule has 0 spiro atoms. The third kappa shape index (κ3) is 1.96. The summed E-state index contributed by atoms with van der Waals surface area (Å²) >= 11 is 0. The first-order valence-electron chi connectivity index (χ1n) is 3.93. The fourth-order valence-corrected chi connectivity index (χ4v) is 1.95. The number of aliphatic hydroxyl groups is 1. The van der Waals surface area contributed by atoms with E-state index in [2.05, 4.69) is 13.8 Å². The molecule has 60 valence electrons. The molecule has 1 fully saturated rings. The Morgan fingerprint density at radius 3 is 2.40 bits per heavy atom. The van der Waals surface area contributed by atoms with Crippen molar-refractivity contribution in [1.82, 2.24) is 0 Å². The highest BCUT2D eigenvalue weighted by atomic mass is 16.3. The van der Waals surface area contributed by atoms with E-state index in [0.29, 0.717) is 0 Å². The van der Waals surface area contributed by atoms with E-state index in [0.717, 1.165) is 19.3 Å². The molecule has 2 nitrogen and oxygen atoms in total. The second kappa shape index (κ2) is 2.51. The SMILES string of the molecule is CC1(C)C[C@@H](N)C[C@H](O)C1. The number of rotatable bonds is 0. The van der Waals surface area contributed by atoms with E-state index in [9.17, 15) is 5.11 Å².